The summed E-state index contributed by atoms with van der Waals surface area (Å²) >= 11 is 2.53. The fraction of sp³-hybridized carbons (Fsp3) is 0.241. The van der Waals surface area contributed by atoms with Gasteiger partial charge in [-0.25, -0.2) is 0 Å². The van der Waals surface area contributed by atoms with E-state index in [4.69, 9.17) is 0 Å². The molecule has 3 aromatic carbocycles. The maximum atomic E-state index is 2.53. The molecule has 0 amide bonds. The molecule has 0 atom stereocenters. The van der Waals surface area contributed by atoms with Gasteiger partial charge in [-0.1, -0.05) is 0 Å². The van der Waals surface area contributed by atoms with E-state index in [1.807, 2.05) is 0 Å². The van der Waals surface area contributed by atoms with Crippen LogP contribution in [0.2, 0.25) is 3.34 Å². The first kappa shape index (κ1) is 31.0. The molecule has 4 rings (SSSR count). The minimum Gasteiger partial charge on any atom is -1.00 e. The minimum absolute atomic E-state index is 0. The van der Waals surface area contributed by atoms with E-state index in [1.165, 1.54) is 49.0 Å². The average Bonchev–Trinajstić information content (AvgIpc) is 2.91. The van der Waals surface area contributed by atoms with Crippen LogP contribution < -0.4 is 52.8 Å². The van der Waals surface area contributed by atoms with Crippen LogP contribution in [0.25, 0.3) is 0 Å². The summed E-state index contributed by atoms with van der Waals surface area (Å²) in [5.74, 6) is 0. The third-order valence-electron chi connectivity index (χ3n) is 7.48. The Balaban J connectivity index is 0.00000193. The van der Waals surface area contributed by atoms with E-state index in [1.54, 1.807) is 0 Å². The predicted molar refractivity (Wildman–Crippen MR) is 133 cm³/mol. The number of aryl methyl sites for hydroxylation is 2. The van der Waals surface area contributed by atoms with Crippen LogP contribution in [0, 0.1) is 13.8 Å². The first-order chi connectivity index (χ1) is 14.7. The molecule has 1 aliphatic rings. The van der Waals surface area contributed by atoms with Gasteiger partial charge in [0.25, 0.3) is 0 Å². The standard InChI is InChI=1S/C29H31Si.3ClH.Ti/c1-20-12-10-16-27(18-20)30(26-14-8-7-9-15-26,28-17-11-13-21(2)19-28)29-24(5)22(3)23(4)25(29)6;;;;/h7-19H,1-6H3;3*1H;/q;;;;+3/p-3. The van der Waals surface area contributed by atoms with Crippen LogP contribution in [0.3, 0.4) is 0 Å². The normalized spacial score (nSPS) is 14.8. The Kier molecular flexibility index (Phi) is 10.7. The number of rotatable bonds is 4. The first-order valence-corrected chi connectivity index (χ1v) is 13.8. The second-order valence-electron chi connectivity index (χ2n) is 9.10. The SMILES string of the molecule is CC1=C(C)[C]([Ti+3])([Si](c2ccccc2)(c2cccc(C)c2)c2cccc(C)c2)C(C)=C1C.[Cl-].[Cl-].[Cl-]. The quantitative estimate of drug-likeness (QED) is 0.232. The molecule has 34 heavy (non-hydrogen) atoms. The van der Waals surface area contributed by atoms with Crippen molar-refractivity contribution in [3.05, 3.63) is 112 Å². The van der Waals surface area contributed by atoms with Gasteiger partial charge in [0.1, 0.15) is 0 Å². The molecule has 5 heteroatoms. The van der Waals surface area contributed by atoms with Crippen LogP contribution in [0.5, 0.6) is 0 Å². The van der Waals surface area contributed by atoms with Gasteiger partial charge in [-0.2, -0.15) is 0 Å². The molecule has 3 aromatic rings. The first-order valence-electron chi connectivity index (χ1n) is 11.1. The van der Waals surface area contributed by atoms with Crippen LogP contribution in [0.1, 0.15) is 38.8 Å². The van der Waals surface area contributed by atoms with Crippen molar-refractivity contribution in [2.24, 2.45) is 0 Å². The molecule has 0 fully saturated rings. The second kappa shape index (κ2) is 11.8. The maximum absolute atomic E-state index is 2.53. The summed E-state index contributed by atoms with van der Waals surface area (Å²) in [4.78, 5) is 0. The van der Waals surface area contributed by atoms with Crippen LogP contribution in [-0.4, -0.2) is 8.07 Å². The zero-order valence-corrected chi connectivity index (χ0v) is 25.5. The van der Waals surface area contributed by atoms with Gasteiger partial charge in [0.05, 0.1) is 0 Å². The number of hydrogen-bond acceptors (Lipinski definition) is 0. The Morgan fingerprint density at radius 3 is 1.29 bits per heavy atom. The summed E-state index contributed by atoms with van der Waals surface area (Å²) in [6, 6.07) is 30.0. The van der Waals surface area contributed by atoms with Crippen molar-refractivity contribution in [3.8, 4) is 0 Å². The largest absolute Gasteiger partial charge is 1.00 e. The van der Waals surface area contributed by atoms with Crippen LogP contribution >= 0.6 is 0 Å². The van der Waals surface area contributed by atoms with E-state index in [9.17, 15) is 0 Å². The van der Waals surface area contributed by atoms with Crippen molar-refractivity contribution < 1.29 is 57.7 Å². The van der Waals surface area contributed by atoms with Gasteiger partial charge in [0, 0.05) is 0 Å². The molecule has 0 N–H and O–H groups in total. The molecular weight excluding hydrogens is 531 g/mol. The summed E-state index contributed by atoms with van der Waals surface area (Å²) in [6.07, 6.45) is 0. The van der Waals surface area contributed by atoms with Gasteiger partial charge >= 0.3 is 201 Å². The molecule has 0 bridgehead atoms. The van der Waals surface area contributed by atoms with E-state index in [2.05, 4.69) is 141 Å². The van der Waals surface area contributed by atoms with Crippen molar-refractivity contribution in [1.29, 1.82) is 0 Å². The van der Waals surface area contributed by atoms with Gasteiger partial charge in [0.2, 0.25) is 0 Å². The van der Waals surface area contributed by atoms with Crippen molar-refractivity contribution in [2.75, 3.05) is 0 Å². The van der Waals surface area contributed by atoms with E-state index >= 15 is 0 Å². The van der Waals surface area contributed by atoms with Crippen LogP contribution in [0.4, 0.5) is 0 Å². The average molecular weight is 562 g/mol. The van der Waals surface area contributed by atoms with Crippen molar-refractivity contribution in [2.45, 2.75) is 44.9 Å². The summed E-state index contributed by atoms with van der Waals surface area (Å²) in [5.41, 5.74) is 8.65. The molecule has 0 radical (unpaired) electrons. The summed E-state index contributed by atoms with van der Waals surface area (Å²) < 4.78 is -0.0376. The molecule has 0 heterocycles. The Morgan fingerprint density at radius 1 is 0.529 bits per heavy atom. The Bertz CT molecular complexity index is 1150. The van der Waals surface area contributed by atoms with Crippen molar-refractivity contribution in [1.82, 2.24) is 0 Å². The molecule has 0 saturated heterocycles. The zero-order chi connectivity index (χ0) is 22.4. The summed E-state index contributed by atoms with van der Waals surface area (Å²) in [7, 11) is -2.50. The molecule has 0 aliphatic heterocycles. The third-order valence-corrected chi connectivity index (χ3v) is 15.8. The predicted octanol–water partition coefficient (Wildman–Crippen LogP) is -3.28. The second-order valence-corrected chi connectivity index (χ2v) is 15.0. The van der Waals surface area contributed by atoms with Crippen molar-refractivity contribution in [3.63, 3.8) is 0 Å². The minimum atomic E-state index is -2.50. The molecule has 0 aromatic heterocycles. The number of hydrogen-bond donors (Lipinski definition) is 0. The zero-order valence-electron chi connectivity index (χ0n) is 20.6. The fourth-order valence-electron chi connectivity index (χ4n) is 5.56. The molecule has 1 aliphatic carbocycles. The maximum Gasteiger partial charge on any atom is -1.00 e. The fourth-order valence-corrected chi connectivity index (χ4v) is 14.2. The molecular formula is C29H31Cl3SiTi. The van der Waals surface area contributed by atoms with E-state index in [-0.39, 0.29) is 40.6 Å². The summed E-state index contributed by atoms with van der Waals surface area (Å²) in [5, 5.41) is 4.47. The third kappa shape index (κ3) is 4.57. The van der Waals surface area contributed by atoms with E-state index < -0.39 is 8.07 Å². The summed E-state index contributed by atoms with van der Waals surface area (Å²) in [6.45, 7) is 13.8. The van der Waals surface area contributed by atoms with Gasteiger partial charge in [0.15, 0.2) is 0 Å². The molecule has 176 valence electrons. The molecule has 0 nitrogen and oxygen atoms in total. The number of halogens is 3. The van der Waals surface area contributed by atoms with Crippen LogP contribution in [0.15, 0.2) is 101 Å². The molecule has 0 unspecified atom stereocenters. The number of benzene rings is 3. The molecule has 0 saturated carbocycles. The van der Waals surface area contributed by atoms with Gasteiger partial charge < -0.3 is 37.2 Å². The Morgan fingerprint density at radius 2 is 0.912 bits per heavy atom. The topological polar surface area (TPSA) is 0 Å². The monoisotopic (exact) mass is 560 g/mol. The van der Waals surface area contributed by atoms with E-state index in [0.29, 0.717) is 0 Å². The van der Waals surface area contributed by atoms with E-state index in [0.717, 1.165) is 0 Å². The smallest absolute Gasteiger partial charge is 1.00 e. The Hall–Kier alpha value is -1.06. The number of allylic oxidation sites excluding steroid dienone is 4. The van der Waals surface area contributed by atoms with Gasteiger partial charge in [-0.05, 0) is 0 Å². The Labute approximate surface area is 237 Å². The van der Waals surface area contributed by atoms with Gasteiger partial charge in [-0.15, -0.1) is 0 Å². The molecule has 0 spiro atoms. The van der Waals surface area contributed by atoms with Crippen molar-refractivity contribution >= 4 is 23.6 Å². The van der Waals surface area contributed by atoms with Gasteiger partial charge in [-0.3, -0.25) is 0 Å². The van der Waals surface area contributed by atoms with Crippen LogP contribution in [-0.2, 0) is 20.4 Å².